The predicted molar refractivity (Wildman–Crippen MR) is 84.2 cm³/mol. The number of aromatic nitrogens is 4. The molecule has 3 aromatic rings. The highest BCUT2D eigenvalue weighted by atomic mass is 79.9. The van der Waals surface area contributed by atoms with Gasteiger partial charge in [-0.05, 0) is 18.2 Å². The summed E-state index contributed by atoms with van der Waals surface area (Å²) in [6.45, 7) is 0.168. The van der Waals surface area contributed by atoms with Crippen LogP contribution in [0.25, 0.3) is 11.0 Å². The Hall–Kier alpha value is -1.86. The fraction of sp³-hybridized carbons (Fsp3) is 0.154. The standard InChI is InChI=1S/C13H11BrClN5O/c1-20-13-8(5-17-20)12(16)18-11(19-13)6-21-10-4-7(14)2-3-9(10)15/h2-5H,6H2,1H3,(H2,16,18,19). The minimum absolute atomic E-state index is 0.168. The molecule has 8 heteroatoms. The highest BCUT2D eigenvalue weighted by Gasteiger charge is 2.10. The van der Waals surface area contributed by atoms with Gasteiger partial charge in [-0.2, -0.15) is 5.10 Å². The van der Waals surface area contributed by atoms with Gasteiger partial charge in [-0.1, -0.05) is 27.5 Å². The van der Waals surface area contributed by atoms with Crippen LogP contribution in [0.4, 0.5) is 5.82 Å². The molecule has 21 heavy (non-hydrogen) atoms. The zero-order valence-electron chi connectivity index (χ0n) is 11.0. The number of anilines is 1. The first-order valence-corrected chi connectivity index (χ1v) is 7.23. The first kappa shape index (κ1) is 14.1. The van der Waals surface area contributed by atoms with Gasteiger partial charge in [0.25, 0.3) is 0 Å². The Labute approximate surface area is 134 Å². The summed E-state index contributed by atoms with van der Waals surface area (Å²) < 4.78 is 8.17. The molecule has 0 spiro atoms. The number of aryl methyl sites for hydroxylation is 1. The number of hydrogen-bond acceptors (Lipinski definition) is 5. The Morgan fingerprint density at radius 2 is 2.19 bits per heavy atom. The fourth-order valence-corrected chi connectivity index (χ4v) is 2.40. The van der Waals surface area contributed by atoms with Crippen molar-refractivity contribution in [3.8, 4) is 5.75 Å². The van der Waals surface area contributed by atoms with Crippen molar-refractivity contribution in [1.29, 1.82) is 0 Å². The molecule has 108 valence electrons. The summed E-state index contributed by atoms with van der Waals surface area (Å²) in [5.74, 6) is 1.41. The van der Waals surface area contributed by atoms with Gasteiger partial charge in [0.05, 0.1) is 16.6 Å². The van der Waals surface area contributed by atoms with Crippen molar-refractivity contribution >= 4 is 44.4 Å². The van der Waals surface area contributed by atoms with Gasteiger partial charge in [0, 0.05) is 11.5 Å². The lowest BCUT2D eigenvalue weighted by atomic mass is 10.3. The number of nitrogens with two attached hydrogens (primary N) is 1. The topological polar surface area (TPSA) is 78.9 Å². The molecule has 0 saturated heterocycles. The smallest absolute Gasteiger partial charge is 0.170 e. The first-order valence-electron chi connectivity index (χ1n) is 6.06. The van der Waals surface area contributed by atoms with Crippen molar-refractivity contribution < 1.29 is 4.74 Å². The van der Waals surface area contributed by atoms with Crippen LogP contribution in [-0.2, 0) is 13.7 Å². The second-order valence-corrected chi connectivity index (χ2v) is 5.72. The van der Waals surface area contributed by atoms with Crippen LogP contribution in [0.5, 0.6) is 5.75 Å². The second-order valence-electron chi connectivity index (χ2n) is 4.39. The number of nitrogens with zero attached hydrogens (tertiary/aromatic N) is 4. The van der Waals surface area contributed by atoms with Gasteiger partial charge in [-0.15, -0.1) is 0 Å². The molecule has 0 bridgehead atoms. The van der Waals surface area contributed by atoms with Crippen LogP contribution >= 0.6 is 27.5 Å². The predicted octanol–water partition coefficient (Wildman–Crippen LogP) is 2.94. The average Bonchev–Trinajstić information content (AvgIpc) is 2.82. The average molecular weight is 369 g/mol. The fourth-order valence-electron chi connectivity index (χ4n) is 1.89. The molecule has 0 unspecified atom stereocenters. The Morgan fingerprint density at radius 3 is 3.00 bits per heavy atom. The maximum atomic E-state index is 6.07. The van der Waals surface area contributed by atoms with E-state index in [1.165, 1.54) is 0 Å². The molecule has 0 atom stereocenters. The van der Waals surface area contributed by atoms with E-state index in [0.29, 0.717) is 28.1 Å². The Balaban J connectivity index is 1.88. The normalized spacial score (nSPS) is 11.0. The molecule has 0 aliphatic rings. The van der Waals surface area contributed by atoms with Crippen molar-refractivity contribution in [2.45, 2.75) is 6.61 Å². The molecule has 2 heterocycles. The lowest BCUT2D eigenvalue weighted by Gasteiger charge is -2.08. The second kappa shape index (κ2) is 5.50. The van der Waals surface area contributed by atoms with Gasteiger partial charge >= 0.3 is 0 Å². The van der Waals surface area contributed by atoms with Crippen LogP contribution in [0, 0.1) is 0 Å². The highest BCUT2D eigenvalue weighted by Crippen LogP contribution is 2.28. The van der Waals surface area contributed by atoms with E-state index >= 15 is 0 Å². The van der Waals surface area contributed by atoms with Gasteiger partial charge in [0.1, 0.15) is 18.2 Å². The van der Waals surface area contributed by atoms with E-state index in [2.05, 4.69) is 31.0 Å². The Kier molecular flexibility index (Phi) is 3.69. The molecule has 2 N–H and O–H groups in total. The number of rotatable bonds is 3. The molecule has 3 rings (SSSR count). The Bertz CT molecular complexity index is 820. The summed E-state index contributed by atoms with van der Waals surface area (Å²) in [6.07, 6.45) is 1.64. The minimum atomic E-state index is 0.168. The zero-order chi connectivity index (χ0) is 15.0. The lowest BCUT2D eigenvalue weighted by Crippen LogP contribution is -2.06. The van der Waals surface area contributed by atoms with Crippen molar-refractivity contribution in [2.24, 2.45) is 7.05 Å². The van der Waals surface area contributed by atoms with Crippen molar-refractivity contribution in [2.75, 3.05) is 5.73 Å². The number of ether oxygens (including phenoxy) is 1. The third-order valence-electron chi connectivity index (χ3n) is 2.92. The van der Waals surface area contributed by atoms with Crippen LogP contribution in [-0.4, -0.2) is 19.7 Å². The van der Waals surface area contributed by atoms with E-state index in [1.54, 1.807) is 30.1 Å². The van der Waals surface area contributed by atoms with Crippen molar-refractivity contribution in [3.63, 3.8) is 0 Å². The van der Waals surface area contributed by atoms with Crippen LogP contribution in [0.15, 0.2) is 28.9 Å². The SMILES string of the molecule is Cn1ncc2c(N)nc(COc3cc(Br)ccc3Cl)nc21. The molecule has 0 amide bonds. The van der Waals surface area contributed by atoms with Crippen molar-refractivity contribution in [1.82, 2.24) is 19.7 Å². The highest BCUT2D eigenvalue weighted by molar-refractivity contribution is 9.10. The zero-order valence-corrected chi connectivity index (χ0v) is 13.4. The summed E-state index contributed by atoms with van der Waals surface area (Å²) >= 11 is 9.44. The molecule has 0 saturated carbocycles. The van der Waals surface area contributed by atoms with Crippen molar-refractivity contribution in [3.05, 3.63) is 39.7 Å². The van der Waals surface area contributed by atoms with E-state index in [4.69, 9.17) is 22.1 Å². The quantitative estimate of drug-likeness (QED) is 0.769. The summed E-state index contributed by atoms with van der Waals surface area (Å²) in [7, 11) is 1.80. The molecule has 0 fully saturated rings. The molecule has 1 aromatic carbocycles. The largest absolute Gasteiger partial charge is 0.484 e. The summed E-state index contributed by atoms with van der Waals surface area (Å²) in [4.78, 5) is 8.61. The first-order chi connectivity index (χ1) is 10.0. The third-order valence-corrected chi connectivity index (χ3v) is 3.72. The van der Waals surface area contributed by atoms with Gasteiger partial charge < -0.3 is 10.5 Å². The van der Waals surface area contributed by atoms with Crippen LogP contribution in [0.2, 0.25) is 5.02 Å². The van der Waals surface area contributed by atoms with Gasteiger partial charge in [-0.3, -0.25) is 4.68 Å². The van der Waals surface area contributed by atoms with E-state index in [0.717, 1.165) is 9.86 Å². The van der Waals surface area contributed by atoms with Gasteiger partial charge in [-0.25, -0.2) is 9.97 Å². The van der Waals surface area contributed by atoms with E-state index < -0.39 is 0 Å². The summed E-state index contributed by atoms with van der Waals surface area (Å²) in [5, 5.41) is 5.35. The molecular weight excluding hydrogens is 358 g/mol. The molecular formula is C13H11BrClN5O. The molecule has 0 aliphatic carbocycles. The van der Waals surface area contributed by atoms with Crippen LogP contribution in [0.1, 0.15) is 5.82 Å². The molecule has 0 radical (unpaired) electrons. The minimum Gasteiger partial charge on any atom is -0.484 e. The van der Waals surface area contributed by atoms with Crippen LogP contribution in [0.3, 0.4) is 0 Å². The van der Waals surface area contributed by atoms with E-state index in [9.17, 15) is 0 Å². The molecule has 6 nitrogen and oxygen atoms in total. The lowest BCUT2D eigenvalue weighted by molar-refractivity contribution is 0.296. The van der Waals surface area contributed by atoms with Crippen LogP contribution < -0.4 is 10.5 Å². The number of halogens is 2. The molecule has 2 aromatic heterocycles. The maximum Gasteiger partial charge on any atom is 0.170 e. The van der Waals surface area contributed by atoms with Gasteiger partial charge in [0.2, 0.25) is 0 Å². The number of fused-ring (bicyclic) bond motifs is 1. The maximum absolute atomic E-state index is 6.07. The van der Waals surface area contributed by atoms with E-state index in [1.807, 2.05) is 6.07 Å². The summed E-state index contributed by atoms with van der Waals surface area (Å²) in [6, 6.07) is 5.38. The number of hydrogen-bond donors (Lipinski definition) is 1. The van der Waals surface area contributed by atoms with E-state index in [-0.39, 0.29) is 6.61 Å². The molecule has 0 aliphatic heterocycles. The number of nitrogen functional groups attached to an aromatic ring is 1. The third kappa shape index (κ3) is 2.79. The Morgan fingerprint density at radius 1 is 1.38 bits per heavy atom. The monoisotopic (exact) mass is 367 g/mol. The number of benzene rings is 1. The summed E-state index contributed by atoms with van der Waals surface area (Å²) in [5.41, 5.74) is 6.57. The van der Waals surface area contributed by atoms with Gasteiger partial charge in [0.15, 0.2) is 11.5 Å².